The molecule has 3 aromatic carbocycles. The lowest BCUT2D eigenvalue weighted by molar-refractivity contribution is 0.306. The molecule has 0 saturated heterocycles. The maximum Gasteiger partial charge on any atom is 0.180 e. The van der Waals surface area contributed by atoms with E-state index in [0.29, 0.717) is 11.8 Å². The van der Waals surface area contributed by atoms with Gasteiger partial charge in [-0.25, -0.2) is 0 Å². The van der Waals surface area contributed by atoms with E-state index in [-0.39, 0.29) is 0 Å². The van der Waals surface area contributed by atoms with Gasteiger partial charge in [0.25, 0.3) is 0 Å². The van der Waals surface area contributed by atoms with Crippen LogP contribution in [0.4, 0.5) is 0 Å². The minimum Gasteiger partial charge on any atom is -0.489 e. The Kier molecular flexibility index (Phi) is 6.68. The van der Waals surface area contributed by atoms with Crippen molar-refractivity contribution in [3.05, 3.63) is 89.5 Å². The van der Waals surface area contributed by atoms with Gasteiger partial charge in [0.1, 0.15) is 23.4 Å². The molecule has 0 atom stereocenters. The van der Waals surface area contributed by atoms with Gasteiger partial charge in [-0.05, 0) is 53.1 Å². The number of ether oxygens (including phenoxy) is 1. The second-order valence-corrected chi connectivity index (χ2v) is 7.93. The van der Waals surface area contributed by atoms with Gasteiger partial charge < -0.3 is 10.5 Å². The van der Waals surface area contributed by atoms with Gasteiger partial charge in [0.15, 0.2) is 5.17 Å². The molecule has 0 fully saturated rings. The van der Waals surface area contributed by atoms with Gasteiger partial charge in [0, 0.05) is 5.75 Å². The van der Waals surface area contributed by atoms with Crippen molar-refractivity contribution in [3.8, 4) is 5.75 Å². The van der Waals surface area contributed by atoms with Gasteiger partial charge in [0.05, 0.1) is 17.9 Å². The fourth-order valence-electron chi connectivity index (χ4n) is 2.65. The highest BCUT2D eigenvalue weighted by Crippen LogP contribution is 2.17. The van der Waals surface area contributed by atoms with Crippen molar-refractivity contribution < 1.29 is 4.74 Å². The molecule has 4 aromatic rings. The molecule has 150 valence electrons. The molecule has 0 radical (unpaired) electrons. The number of benzene rings is 3. The fraction of sp³-hybridized carbons (Fsp3) is 0.0909. The zero-order valence-electron chi connectivity index (χ0n) is 16.0. The smallest absolute Gasteiger partial charge is 0.180 e. The number of aromatic nitrogens is 2. The SMILES string of the molecule is NC(=NN=Cc1ccc(OCc2ccc3nsnc3c2)cc1)SCc1ccccc1. The highest BCUT2D eigenvalue weighted by molar-refractivity contribution is 8.13. The molecule has 1 heterocycles. The molecule has 0 bridgehead atoms. The summed E-state index contributed by atoms with van der Waals surface area (Å²) in [6.07, 6.45) is 1.67. The van der Waals surface area contributed by atoms with Crippen LogP contribution in [0.25, 0.3) is 11.0 Å². The average Bonchev–Trinajstić information content (AvgIpc) is 3.26. The van der Waals surface area contributed by atoms with Crippen LogP contribution in [-0.2, 0) is 12.4 Å². The Balaban J connectivity index is 1.27. The Morgan fingerprint density at radius 2 is 1.77 bits per heavy atom. The summed E-state index contributed by atoms with van der Waals surface area (Å²) in [6.45, 7) is 0.473. The van der Waals surface area contributed by atoms with Crippen LogP contribution < -0.4 is 10.5 Å². The Morgan fingerprint density at radius 3 is 2.60 bits per heavy atom. The summed E-state index contributed by atoms with van der Waals surface area (Å²) in [5.74, 6) is 1.55. The van der Waals surface area contributed by atoms with Crippen LogP contribution in [0.15, 0.2) is 83.0 Å². The maximum atomic E-state index is 5.90. The predicted octanol–water partition coefficient (Wildman–Crippen LogP) is 4.85. The third kappa shape index (κ3) is 5.65. The summed E-state index contributed by atoms with van der Waals surface area (Å²) in [5.41, 5.74) is 10.9. The normalized spacial score (nSPS) is 11.9. The molecule has 0 spiro atoms. The average molecular weight is 434 g/mol. The summed E-state index contributed by atoms with van der Waals surface area (Å²) in [4.78, 5) is 0. The van der Waals surface area contributed by atoms with E-state index in [9.17, 15) is 0 Å². The van der Waals surface area contributed by atoms with Crippen molar-refractivity contribution in [3.63, 3.8) is 0 Å². The molecule has 0 saturated carbocycles. The van der Waals surface area contributed by atoms with Crippen LogP contribution in [-0.4, -0.2) is 20.1 Å². The minimum absolute atomic E-state index is 0.433. The van der Waals surface area contributed by atoms with E-state index in [4.69, 9.17) is 10.5 Å². The van der Waals surface area contributed by atoms with Gasteiger partial charge >= 0.3 is 0 Å². The Morgan fingerprint density at radius 1 is 0.967 bits per heavy atom. The molecule has 0 aliphatic rings. The quantitative estimate of drug-likeness (QED) is 0.256. The van der Waals surface area contributed by atoms with Gasteiger partial charge in [0.2, 0.25) is 0 Å². The van der Waals surface area contributed by atoms with Crippen molar-refractivity contribution in [1.82, 2.24) is 8.75 Å². The molecule has 0 aliphatic heterocycles. The molecule has 1 aromatic heterocycles. The Hall–Kier alpha value is -3.23. The number of amidine groups is 1. The number of hydrogen-bond acceptors (Lipinski definition) is 7. The zero-order valence-corrected chi connectivity index (χ0v) is 17.6. The first kappa shape index (κ1) is 20.1. The summed E-state index contributed by atoms with van der Waals surface area (Å²) < 4.78 is 14.3. The molecule has 0 amide bonds. The molecular formula is C22H19N5OS2. The molecule has 6 nitrogen and oxygen atoms in total. The lowest BCUT2D eigenvalue weighted by Gasteiger charge is -2.06. The predicted molar refractivity (Wildman–Crippen MR) is 125 cm³/mol. The van der Waals surface area contributed by atoms with Crippen LogP contribution in [0, 0.1) is 0 Å². The number of nitrogens with zero attached hydrogens (tertiary/aromatic N) is 4. The lowest BCUT2D eigenvalue weighted by atomic mass is 10.2. The van der Waals surface area contributed by atoms with Gasteiger partial charge in [-0.3, -0.25) is 0 Å². The first-order valence-electron chi connectivity index (χ1n) is 9.23. The van der Waals surface area contributed by atoms with Crippen LogP contribution in [0.2, 0.25) is 0 Å². The molecule has 30 heavy (non-hydrogen) atoms. The standard InChI is InChI=1S/C22H19N5OS2/c23-22(29-15-17-4-2-1-3-5-17)25-24-13-16-6-9-19(10-7-16)28-14-18-8-11-20-21(12-18)27-30-26-20/h1-13H,14-15H2,(H2,23,25). The van der Waals surface area contributed by atoms with E-state index in [0.717, 1.165) is 33.7 Å². The molecule has 0 aliphatic carbocycles. The highest BCUT2D eigenvalue weighted by Gasteiger charge is 2.02. The second-order valence-electron chi connectivity index (χ2n) is 6.40. The van der Waals surface area contributed by atoms with Crippen molar-refractivity contribution in [2.45, 2.75) is 12.4 Å². The van der Waals surface area contributed by atoms with E-state index >= 15 is 0 Å². The zero-order chi connectivity index (χ0) is 20.6. The first-order valence-corrected chi connectivity index (χ1v) is 11.0. The largest absolute Gasteiger partial charge is 0.489 e. The first-order chi connectivity index (χ1) is 14.8. The topological polar surface area (TPSA) is 85.8 Å². The third-order valence-corrected chi connectivity index (χ3v) is 5.61. The summed E-state index contributed by atoms with van der Waals surface area (Å²) in [7, 11) is 0. The third-order valence-electron chi connectivity index (χ3n) is 4.20. The minimum atomic E-state index is 0.433. The lowest BCUT2D eigenvalue weighted by Crippen LogP contribution is -2.05. The second kappa shape index (κ2) is 10.00. The van der Waals surface area contributed by atoms with Crippen LogP contribution in [0.3, 0.4) is 0 Å². The van der Waals surface area contributed by atoms with Gasteiger partial charge in [-0.15, -0.1) is 5.10 Å². The highest BCUT2D eigenvalue weighted by atomic mass is 32.2. The maximum absolute atomic E-state index is 5.90. The van der Waals surface area contributed by atoms with Crippen LogP contribution in [0.5, 0.6) is 5.75 Å². The van der Waals surface area contributed by atoms with Crippen LogP contribution >= 0.6 is 23.5 Å². The monoisotopic (exact) mass is 433 g/mol. The van der Waals surface area contributed by atoms with E-state index < -0.39 is 0 Å². The molecule has 4 rings (SSSR count). The van der Waals surface area contributed by atoms with E-state index in [1.807, 2.05) is 60.7 Å². The van der Waals surface area contributed by atoms with Gasteiger partial charge in [-0.2, -0.15) is 13.8 Å². The number of fused-ring (bicyclic) bond motifs is 1. The van der Waals surface area contributed by atoms with Gasteiger partial charge in [-0.1, -0.05) is 48.2 Å². The van der Waals surface area contributed by atoms with Crippen molar-refractivity contribution in [2.24, 2.45) is 15.9 Å². The van der Waals surface area contributed by atoms with Crippen molar-refractivity contribution >= 4 is 45.9 Å². The summed E-state index contributed by atoms with van der Waals surface area (Å²) in [5, 5.41) is 8.54. The molecule has 2 N–H and O–H groups in total. The Bertz CT molecular complexity index is 1160. The molecular weight excluding hydrogens is 414 g/mol. The number of hydrogen-bond donors (Lipinski definition) is 1. The van der Waals surface area contributed by atoms with E-state index in [1.54, 1.807) is 6.21 Å². The summed E-state index contributed by atoms with van der Waals surface area (Å²) >= 11 is 2.67. The van der Waals surface area contributed by atoms with Crippen LogP contribution in [0.1, 0.15) is 16.7 Å². The molecule has 0 unspecified atom stereocenters. The number of rotatable bonds is 7. The van der Waals surface area contributed by atoms with E-state index in [1.165, 1.54) is 29.1 Å². The Labute approximate surface area is 182 Å². The van der Waals surface area contributed by atoms with Crippen molar-refractivity contribution in [2.75, 3.05) is 0 Å². The van der Waals surface area contributed by atoms with E-state index in [2.05, 4.69) is 31.1 Å². The fourth-order valence-corrected chi connectivity index (χ4v) is 3.78. The number of thioether (sulfide) groups is 1. The molecule has 8 heteroatoms. The summed E-state index contributed by atoms with van der Waals surface area (Å²) in [6, 6.07) is 23.7. The van der Waals surface area contributed by atoms with Crippen molar-refractivity contribution in [1.29, 1.82) is 0 Å². The number of nitrogens with two attached hydrogens (primary N) is 1.